The number of carboxylic acid groups (broad SMARTS) is 1. The molecule has 7 nitrogen and oxygen atoms in total. The number of halogens is 5. The molecule has 0 radical (unpaired) electrons. The maximum absolute atomic E-state index is 14.4. The van der Waals surface area contributed by atoms with E-state index < -0.39 is 53.6 Å². The standard InChI is InChI=1S/C27H30Cl2F3N3O4/c1-26(2)10-15(11-26)13-34(14-21(36)22-19(28)4-3-5-20(22)29)24(37)18-12-33-35(23(18)27(30,31)32)17-8-6-16(7-9-17)25(38)39/h3-5,12,15-17H,6-11,13-14H2,1-2H3,(H,38,39)/t16-,17-. The van der Waals surface area contributed by atoms with E-state index in [1.165, 1.54) is 12.1 Å². The van der Waals surface area contributed by atoms with Crippen LogP contribution in [0.15, 0.2) is 24.4 Å². The van der Waals surface area contributed by atoms with Crippen molar-refractivity contribution in [2.75, 3.05) is 13.1 Å². The topological polar surface area (TPSA) is 92.5 Å². The number of alkyl halides is 3. The normalized spacial score (nSPS) is 21.3. The van der Waals surface area contributed by atoms with Gasteiger partial charge in [-0.3, -0.25) is 19.1 Å². The number of amides is 1. The van der Waals surface area contributed by atoms with Crippen molar-refractivity contribution < 1.29 is 32.7 Å². The number of Topliss-reactive ketones (excluding diaryl/α,β-unsaturated/α-hetero) is 1. The van der Waals surface area contributed by atoms with E-state index in [1.807, 2.05) is 0 Å². The van der Waals surface area contributed by atoms with Crippen LogP contribution in [0.4, 0.5) is 13.2 Å². The SMILES string of the molecule is CC1(C)CC(CN(CC(=O)c2c(Cl)cccc2Cl)C(=O)c2cnn([C@H]3CC[C@H](C(=O)O)CC3)c2C(F)(F)F)C1. The maximum atomic E-state index is 14.4. The molecule has 1 aromatic heterocycles. The fourth-order valence-corrected chi connectivity index (χ4v) is 6.60. The molecule has 39 heavy (non-hydrogen) atoms. The number of carbonyl (C=O) groups excluding carboxylic acids is 2. The molecule has 1 heterocycles. The minimum Gasteiger partial charge on any atom is -0.481 e. The zero-order chi connectivity index (χ0) is 28.7. The highest BCUT2D eigenvalue weighted by atomic mass is 35.5. The highest BCUT2D eigenvalue weighted by Crippen LogP contribution is 2.45. The molecule has 0 saturated heterocycles. The van der Waals surface area contributed by atoms with Gasteiger partial charge in [0.2, 0.25) is 0 Å². The number of ketones is 1. The monoisotopic (exact) mass is 587 g/mol. The molecule has 0 bridgehead atoms. The molecule has 2 saturated carbocycles. The Hall–Kier alpha value is -2.59. The summed E-state index contributed by atoms with van der Waals surface area (Å²) < 4.78 is 43.9. The Morgan fingerprint density at radius 1 is 1.10 bits per heavy atom. The molecule has 0 aliphatic heterocycles. The van der Waals surface area contributed by atoms with Crippen LogP contribution >= 0.6 is 23.2 Å². The number of carbonyl (C=O) groups is 3. The predicted molar refractivity (Wildman–Crippen MR) is 139 cm³/mol. The van der Waals surface area contributed by atoms with E-state index in [2.05, 4.69) is 18.9 Å². The van der Waals surface area contributed by atoms with Gasteiger partial charge in [-0.05, 0) is 62.0 Å². The third-order valence-corrected chi connectivity index (χ3v) is 8.34. The van der Waals surface area contributed by atoms with Gasteiger partial charge in [-0.2, -0.15) is 18.3 Å². The van der Waals surface area contributed by atoms with E-state index in [0.717, 1.165) is 28.6 Å². The third kappa shape index (κ3) is 6.43. The Morgan fingerprint density at radius 2 is 1.69 bits per heavy atom. The van der Waals surface area contributed by atoms with Gasteiger partial charge in [0.1, 0.15) is 0 Å². The van der Waals surface area contributed by atoms with E-state index in [-0.39, 0.29) is 59.2 Å². The number of hydrogen-bond acceptors (Lipinski definition) is 4. The van der Waals surface area contributed by atoms with Gasteiger partial charge in [0, 0.05) is 6.54 Å². The van der Waals surface area contributed by atoms with Crippen LogP contribution in [0.3, 0.4) is 0 Å². The number of carboxylic acids is 1. The van der Waals surface area contributed by atoms with Crippen LogP contribution in [0, 0.1) is 17.3 Å². The molecule has 2 fully saturated rings. The van der Waals surface area contributed by atoms with E-state index in [1.54, 1.807) is 6.07 Å². The second-order valence-corrected chi connectivity index (χ2v) is 12.2. The molecule has 0 atom stereocenters. The molecular weight excluding hydrogens is 558 g/mol. The lowest BCUT2D eigenvalue weighted by molar-refractivity contribution is -0.147. The lowest BCUT2D eigenvalue weighted by Gasteiger charge is -2.44. The summed E-state index contributed by atoms with van der Waals surface area (Å²) >= 11 is 12.4. The van der Waals surface area contributed by atoms with Crippen LogP contribution in [0.25, 0.3) is 0 Å². The number of nitrogens with zero attached hydrogens (tertiary/aromatic N) is 3. The van der Waals surface area contributed by atoms with Crippen LogP contribution in [-0.4, -0.2) is 50.5 Å². The number of hydrogen-bond donors (Lipinski definition) is 1. The number of rotatable bonds is 8. The van der Waals surface area contributed by atoms with Gasteiger partial charge in [-0.1, -0.05) is 43.1 Å². The summed E-state index contributed by atoms with van der Waals surface area (Å²) in [5.74, 6) is -3.09. The van der Waals surface area contributed by atoms with Crippen LogP contribution in [-0.2, 0) is 11.0 Å². The maximum Gasteiger partial charge on any atom is 0.433 e. The first-order valence-electron chi connectivity index (χ1n) is 12.8. The minimum absolute atomic E-state index is 0.00880. The second-order valence-electron chi connectivity index (χ2n) is 11.3. The Bertz CT molecular complexity index is 1240. The first-order chi connectivity index (χ1) is 18.2. The van der Waals surface area contributed by atoms with Crippen LogP contribution < -0.4 is 0 Å². The summed E-state index contributed by atoms with van der Waals surface area (Å²) in [5, 5.41) is 13.4. The summed E-state index contributed by atoms with van der Waals surface area (Å²) in [6.07, 6.45) is -1.65. The van der Waals surface area contributed by atoms with Gasteiger partial charge in [0.15, 0.2) is 11.5 Å². The van der Waals surface area contributed by atoms with Crippen molar-refractivity contribution in [1.29, 1.82) is 0 Å². The fraction of sp³-hybridized carbons (Fsp3) is 0.556. The molecular formula is C27H30Cl2F3N3O4. The van der Waals surface area contributed by atoms with Crippen molar-refractivity contribution in [3.05, 3.63) is 51.3 Å². The van der Waals surface area contributed by atoms with Gasteiger partial charge < -0.3 is 10.0 Å². The minimum atomic E-state index is -4.90. The van der Waals surface area contributed by atoms with Crippen LogP contribution in [0.2, 0.25) is 10.0 Å². The quantitative estimate of drug-likeness (QED) is 0.343. The number of aliphatic carboxylic acids is 1. The molecule has 2 aliphatic carbocycles. The van der Waals surface area contributed by atoms with Crippen molar-refractivity contribution in [3.8, 4) is 0 Å². The summed E-state index contributed by atoms with van der Waals surface area (Å²) in [7, 11) is 0. The molecule has 0 spiro atoms. The molecule has 12 heteroatoms. The highest BCUT2D eigenvalue weighted by Gasteiger charge is 2.44. The molecule has 2 aromatic rings. The lowest BCUT2D eigenvalue weighted by atomic mass is 9.64. The predicted octanol–water partition coefficient (Wildman–Crippen LogP) is 6.79. The van der Waals surface area contributed by atoms with E-state index >= 15 is 0 Å². The third-order valence-electron chi connectivity index (χ3n) is 7.71. The van der Waals surface area contributed by atoms with Crippen molar-refractivity contribution in [1.82, 2.24) is 14.7 Å². The Kier molecular flexibility index (Phi) is 8.38. The number of benzene rings is 1. The Balaban J connectivity index is 1.65. The average molecular weight is 588 g/mol. The van der Waals surface area contributed by atoms with E-state index in [4.69, 9.17) is 23.2 Å². The smallest absolute Gasteiger partial charge is 0.433 e. The van der Waals surface area contributed by atoms with Gasteiger partial charge in [-0.15, -0.1) is 0 Å². The summed E-state index contributed by atoms with van der Waals surface area (Å²) in [5.41, 5.74) is -1.77. The van der Waals surface area contributed by atoms with Crippen molar-refractivity contribution in [2.45, 2.75) is 64.6 Å². The molecule has 4 rings (SSSR count). The first-order valence-corrected chi connectivity index (χ1v) is 13.6. The molecule has 1 amide bonds. The van der Waals surface area contributed by atoms with E-state index in [9.17, 15) is 32.7 Å². The zero-order valence-electron chi connectivity index (χ0n) is 21.6. The van der Waals surface area contributed by atoms with Gasteiger partial charge >= 0.3 is 12.1 Å². The first kappa shape index (κ1) is 29.4. The van der Waals surface area contributed by atoms with Gasteiger partial charge in [0.25, 0.3) is 5.91 Å². The molecule has 212 valence electrons. The van der Waals surface area contributed by atoms with Crippen LogP contribution in [0.1, 0.15) is 84.8 Å². The summed E-state index contributed by atoms with van der Waals surface area (Å²) in [6.45, 7) is 3.73. The average Bonchev–Trinajstić information content (AvgIpc) is 3.28. The molecule has 0 unspecified atom stereocenters. The summed E-state index contributed by atoms with van der Waals surface area (Å²) in [4.78, 5) is 39.3. The molecule has 1 N–H and O–H groups in total. The largest absolute Gasteiger partial charge is 0.481 e. The Morgan fingerprint density at radius 3 is 2.21 bits per heavy atom. The lowest BCUT2D eigenvalue weighted by Crippen LogP contribution is -2.45. The summed E-state index contributed by atoms with van der Waals surface area (Å²) in [6, 6.07) is 3.83. The van der Waals surface area contributed by atoms with Crippen LogP contribution in [0.5, 0.6) is 0 Å². The molecule has 2 aliphatic rings. The van der Waals surface area contributed by atoms with Crippen molar-refractivity contribution >= 4 is 40.9 Å². The van der Waals surface area contributed by atoms with Crippen molar-refractivity contribution in [2.24, 2.45) is 17.3 Å². The van der Waals surface area contributed by atoms with Gasteiger partial charge in [-0.25, -0.2) is 0 Å². The highest BCUT2D eigenvalue weighted by molar-refractivity contribution is 6.40. The van der Waals surface area contributed by atoms with Gasteiger partial charge in [0.05, 0.1) is 45.9 Å². The fourth-order valence-electron chi connectivity index (χ4n) is 6.00. The molecule has 1 aromatic carbocycles. The number of aromatic nitrogens is 2. The zero-order valence-corrected chi connectivity index (χ0v) is 23.1. The van der Waals surface area contributed by atoms with Crippen molar-refractivity contribution in [3.63, 3.8) is 0 Å². The van der Waals surface area contributed by atoms with E-state index in [0.29, 0.717) is 0 Å². The Labute approximate surface area is 234 Å². The second kappa shape index (κ2) is 11.1.